The fraction of sp³-hybridized carbons (Fsp3) is 0.500. The summed E-state index contributed by atoms with van der Waals surface area (Å²) >= 11 is 0. The van der Waals surface area contributed by atoms with Gasteiger partial charge in [0.05, 0.1) is 6.61 Å². The SMILES string of the molecule is CCC(=O)Oc1ccc(OCCC(C)C)cc1. The van der Waals surface area contributed by atoms with E-state index in [0.29, 0.717) is 24.7 Å². The van der Waals surface area contributed by atoms with Gasteiger partial charge in [0.25, 0.3) is 0 Å². The zero-order valence-electron chi connectivity index (χ0n) is 10.7. The van der Waals surface area contributed by atoms with Gasteiger partial charge in [0.15, 0.2) is 0 Å². The highest BCUT2D eigenvalue weighted by Gasteiger charge is 2.02. The minimum Gasteiger partial charge on any atom is -0.494 e. The first-order valence-corrected chi connectivity index (χ1v) is 6.05. The maximum Gasteiger partial charge on any atom is 0.310 e. The maximum absolute atomic E-state index is 11.1. The number of hydrogen-bond donors (Lipinski definition) is 0. The van der Waals surface area contributed by atoms with Crippen LogP contribution in [-0.4, -0.2) is 12.6 Å². The summed E-state index contributed by atoms with van der Waals surface area (Å²) in [6, 6.07) is 7.13. The van der Waals surface area contributed by atoms with E-state index in [1.807, 2.05) is 12.1 Å². The van der Waals surface area contributed by atoms with Crippen LogP contribution in [0.4, 0.5) is 0 Å². The van der Waals surface area contributed by atoms with Crippen LogP contribution in [0, 0.1) is 5.92 Å². The first kappa shape index (κ1) is 13.6. The molecule has 0 radical (unpaired) electrons. The Morgan fingerprint density at radius 2 is 1.76 bits per heavy atom. The predicted octanol–water partition coefficient (Wildman–Crippen LogP) is 3.43. The highest BCUT2D eigenvalue weighted by atomic mass is 16.5. The number of rotatable bonds is 6. The Balaban J connectivity index is 2.42. The van der Waals surface area contributed by atoms with Crippen LogP contribution >= 0.6 is 0 Å². The van der Waals surface area contributed by atoms with Crippen LogP contribution in [0.3, 0.4) is 0 Å². The number of carbonyl (C=O) groups excluding carboxylic acids is 1. The second-order valence-electron chi connectivity index (χ2n) is 4.33. The molecule has 0 aliphatic rings. The van der Waals surface area contributed by atoms with Crippen molar-refractivity contribution in [1.82, 2.24) is 0 Å². The fourth-order valence-corrected chi connectivity index (χ4v) is 1.22. The Kier molecular flexibility index (Phi) is 5.53. The predicted molar refractivity (Wildman–Crippen MR) is 67.3 cm³/mol. The number of benzene rings is 1. The van der Waals surface area contributed by atoms with Crippen LogP contribution in [0.15, 0.2) is 24.3 Å². The molecule has 0 atom stereocenters. The standard InChI is InChI=1S/C14H20O3/c1-4-14(15)17-13-7-5-12(6-8-13)16-10-9-11(2)3/h5-8,11H,4,9-10H2,1-3H3. The van der Waals surface area contributed by atoms with Crippen molar-refractivity contribution in [3.8, 4) is 11.5 Å². The summed E-state index contributed by atoms with van der Waals surface area (Å²) < 4.78 is 10.6. The van der Waals surface area contributed by atoms with Crippen molar-refractivity contribution in [2.24, 2.45) is 5.92 Å². The lowest BCUT2D eigenvalue weighted by molar-refractivity contribution is -0.134. The fourth-order valence-electron chi connectivity index (χ4n) is 1.22. The number of carbonyl (C=O) groups is 1. The van der Waals surface area contributed by atoms with E-state index in [1.54, 1.807) is 19.1 Å². The molecule has 0 heterocycles. The van der Waals surface area contributed by atoms with E-state index >= 15 is 0 Å². The van der Waals surface area contributed by atoms with Crippen molar-refractivity contribution in [2.45, 2.75) is 33.6 Å². The van der Waals surface area contributed by atoms with E-state index in [4.69, 9.17) is 9.47 Å². The Morgan fingerprint density at radius 3 is 2.29 bits per heavy atom. The van der Waals surface area contributed by atoms with Crippen molar-refractivity contribution in [1.29, 1.82) is 0 Å². The number of hydrogen-bond acceptors (Lipinski definition) is 3. The molecule has 17 heavy (non-hydrogen) atoms. The van der Waals surface area contributed by atoms with Gasteiger partial charge in [0.2, 0.25) is 0 Å². The van der Waals surface area contributed by atoms with Gasteiger partial charge in [-0.3, -0.25) is 4.79 Å². The highest BCUT2D eigenvalue weighted by Crippen LogP contribution is 2.18. The molecule has 0 unspecified atom stereocenters. The van der Waals surface area contributed by atoms with Gasteiger partial charge < -0.3 is 9.47 Å². The quantitative estimate of drug-likeness (QED) is 0.560. The Labute approximate surface area is 103 Å². The summed E-state index contributed by atoms with van der Waals surface area (Å²) in [6.45, 7) is 6.81. The summed E-state index contributed by atoms with van der Waals surface area (Å²) in [5.41, 5.74) is 0. The Hall–Kier alpha value is -1.51. The Morgan fingerprint density at radius 1 is 1.18 bits per heavy atom. The third-order valence-corrected chi connectivity index (χ3v) is 2.31. The molecule has 1 aromatic carbocycles. The third kappa shape index (κ3) is 5.38. The average Bonchev–Trinajstić information content (AvgIpc) is 2.31. The van der Waals surface area contributed by atoms with Gasteiger partial charge in [-0.1, -0.05) is 20.8 Å². The van der Waals surface area contributed by atoms with E-state index in [-0.39, 0.29) is 5.97 Å². The second-order valence-corrected chi connectivity index (χ2v) is 4.33. The van der Waals surface area contributed by atoms with E-state index in [1.165, 1.54) is 0 Å². The molecule has 0 aliphatic heterocycles. The molecule has 94 valence electrons. The van der Waals surface area contributed by atoms with Crippen LogP contribution in [-0.2, 0) is 4.79 Å². The molecule has 0 N–H and O–H groups in total. The molecule has 0 saturated carbocycles. The van der Waals surface area contributed by atoms with E-state index in [2.05, 4.69) is 13.8 Å². The lowest BCUT2D eigenvalue weighted by Crippen LogP contribution is -2.05. The topological polar surface area (TPSA) is 35.5 Å². The monoisotopic (exact) mass is 236 g/mol. The summed E-state index contributed by atoms with van der Waals surface area (Å²) in [5, 5.41) is 0. The molecule has 0 amide bonds. The molecule has 1 rings (SSSR count). The number of ether oxygens (including phenoxy) is 2. The first-order chi connectivity index (χ1) is 8.11. The van der Waals surface area contributed by atoms with Gasteiger partial charge in [-0.2, -0.15) is 0 Å². The van der Waals surface area contributed by atoms with Gasteiger partial charge in [-0.05, 0) is 36.6 Å². The van der Waals surface area contributed by atoms with Crippen LogP contribution in [0.5, 0.6) is 11.5 Å². The molecule has 0 aliphatic carbocycles. The summed E-state index contributed by atoms with van der Waals surface area (Å²) in [4.78, 5) is 11.1. The molecular formula is C14H20O3. The minimum absolute atomic E-state index is 0.224. The van der Waals surface area contributed by atoms with Gasteiger partial charge >= 0.3 is 5.97 Å². The first-order valence-electron chi connectivity index (χ1n) is 6.05. The molecule has 0 aromatic heterocycles. The van der Waals surface area contributed by atoms with Crippen LogP contribution < -0.4 is 9.47 Å². The van der Waals surface area contributed by atoms with Crippen molar-refractivity contribution < 1.29 is 14.3 Å². The average molecular weight is 236 g/mol. The normalized spacial score (nSPS) is 10.4. The molecule has 3 heteroatoms. The molecule has 1 aromatic rings. The van der Waals surface area contributed by atoms with Gasteiger partial charge in [-0.25, -0.2) is 0 Å². The third-order valence-electron chi connectivity index (χ3n) is 2.31. The summed E-state index contributed by atoms with van der Waals surface area (Å²) in [6.07, 6.45) is 1.42. The van der Waals surface area contributed by atoms with E-state index in [0.717, 1.165) is 12.2 Å². The lowest BCUT2D eigenvalue weighted by atomic mass is 10.1. The molecule has 0 fully saturated rings. The molecule has 0 bridgehead atoms. The second kappa shape index (κ2) is 6.94. The lowest BCUT2D eigenvalue weighted by Gasteiger charge is -2.08. The van der Waals surface area contributed by atoms with Crippen LogP contribution in [0.2, 0.25) is 0 Å². The van der Waals surface area contributed by atoms with Crippen molar-refractivity contribution in [2.75, 3.05) is 6.61 Å². The zero-order chi connectivity index (χ0) is 12.7. The van der Waals surface area contributed by atoms with E-state index in [9.17, 15) is 4.79 Å². The van der Waals surface area contributed by atoms with E-state index < -0.39 is 0 Å². The number of esters is 1. The smallest absolute Gasteiger partial charge is 0.310 e. The zero-order valence-corrected chi connectivity index (χ0v) is 10.7. The van der Waals surface area contributed by atoms with Gasteiger partial charge in [0, 0.05) is 6.42 Å². The molecule has 0 saturated heterocycles. The van der Waals surface area contributed by atoms with Crippen LogP contribution in [0.25, 0.3) is 0 Å². The minimum atomic E-state index is -0.224. The van der Waals surface area contributed by atoms with Crippen molar-refractivity contribution in [3.63, 3.8) is 0 Å². The highest BCUT2D eigenvalue weighted by molar-refractivity contribution is 5.71. The summed E-state index contributed by atoms with van der Waals surface area (Å²) in [7, 11) is 0. The Bertz CT molecular complexity index is 341. The molecular weight excluding hydrogens is 216 g/mol. The van der Waals surface area contributed by atoms with Crippen molar-refractivity contribution in [3.05, 3.63) is 24.3 Å². The summed E-state index contributed by atoms with van der Waals surface area (Å²) in [5.74, 6) is 1.79. The van der Waals surface area contributed by atoms with Crippen LogP contribution in [0.1, 0.15) is 33.6 Å². The molecule has 3 nitrogen and oxygen atoms in total. The maximum atomic E-state index is 11.1. The largest absolute Gasteiger partial charge is 0.494 e. The van der Waals surface area contributed by atoms with Crippen molar-refractivity contribution >= 4 is 5.97 Å². The molecule has 0 spiro atoms. The van der Waals surface area contributed by atoms with Gasteiger partial charge in [0.1, 0.15) is 11.5 Å². The van der Waals surface area contributed by atoms with Gasteiger partial charge in [-0.15, -0.1) is 0 Å².